The van der Waals surface area contributed by atoms with Crippen LogP contribution in [0.2, 0.25) is 0 Å². The molecule has 2 aromatic carbocycles. The zero-order chi connectivity index (χ0) is 15.1. The van der Waals surface area contributed by atoms with Gasteiger partial charge in [0.25, 0.3) is 0 Å². The summed E-state index contributed by atoms with van der Waals surface area (Å²) in [5, 5.41) is 11.8. The summed E-state index contributed by atoms with van der Waals surface area (Å²) >= 11 is 1.37. The highest BCUT2D eigenvalue weighted by Gasteiger charge is 2.21. The van der Waals surface area contributed by atoms with E-state index in [0.717, 1.165) is 4.90 Å². The van der Waals surface area contributed by atoms with Crippen LogP contribution < -0.4 is 5.32 Å². The van der Waals surface area contributed by atoms with E-state index in [9.17, 15) is 14.7 Å². The smallest absolute Gasteiger partial charge is 0.330 e. The van der Waals surface area contributed by atoms with Crippen LogP contribution >= 0.6 is 11.8 Å². The minimum Gasteiger partial charge on any atom is -0.479 e. The molecule has 0 aliphatic carbocycles. The van der Waals surface area contributed by atoms with E-state index in [1.807, 2.05) is 30.3 Å². The average molecular weight is 301 g/mol. The van der Waals surface area contributed by atoms with Crippen LogP contribution in [0.3, 0.4) is 0 Å². The van der Waals surface area contributed by atoms with E-state index in [1.54, 1.807) is 30.3 Å². The van der Waals surface area contributed by atoms with Crippen LogP contribution in [-0.4, -0.2) is 22.7 Å². The van der Waals surface area contributed by atoms with Gasteiger partial charge in [-0.1, -0.05) is 48.5 Å². The SMILES string of the molecule is O=C(CSc1ccccc1)N[C@@H](C(=O)O)c1ccccc1. The second-order valence-electron chi connectivity index (χ2n) is 4.35. The zero-order valence-electron chi connectivity index (χ0n) is 11.2. The molecule has 0 bridgehead atoms. The zero-order valence-corrected chi connectivity index (χ0v) is 12.0. The molecular weight excluding hydrogens is 286 g/mol. The maximum absolute atomic E-state index is 11.9. The molecule has 5 heteroatoms. The van der Waals surface area contributed by atoms with E-state index < -0.39 is 12.0 Å². The van der Waals surface area contributed by atoms with Gasteiger partial charge < -0.3 is 10.4 Å². The summed E-state index contributed by atoms with van der Waals surface area (Å²) in [6, 6.07) is 17.1. The van der Waals surface area contributed by atoms with Gasteiger partial charge in [-0.25, -0.2) is 4.79 Å². The third-order valence-electron chi connectivity index (χ3n) is 2.80. The van der Waals surface area contributed by atoms with Crippen molar-refractivity contribution < 1.29 is 14.7 Å². The van der Waals surface area contributed by atoms with Crippen molar-refractivity contribution in [1.82, 2.24) is 5.32 Å². The molecule has 0 aromatic heterocycles. The fourth-order valence-corrected chi connectivity index (χ4v) is 2.53. The Morgan fingerprint density at radius 1 is 1.00 bits per heavy atom. The predicted molar refractivity (Wildman–Crippen MR) is 82.1 cm³/mol. The fourth-order valence-electron chi connectivity index (χ4n) is 1.80. The number of amides is 1. The van der Waals surface area contributed by atoms with E-state index >= 15 is 0 Å². The average Bonchev–Trinajstić information content (AvgIpc) is 2.52. The maximum atomic E-state index is 11.9. The summed E-state index contributed by atoms with van der Waals surface area (Å²) in [5.41, 5.74) is 0.558. The molecule has 108 valence electrons. The second kappa shape index (κ2) is 7.50. The van der Waals surface area contributed by atoms with E-state index in [2.05, 4.69) is 5.32 Å². The number of aliphatic carboxylic acids is 1. The highest BCUT2D eigenvalue weighted by Crippen LogP contribution is 2.18. The largest absolute Gasteiger partial charge is 0.479 e. The van der Waals surface area contributed by atoms with Crippen LogP contribution in [0.25, 0.3) is 0 Å². The maximum Gasteiger partial charge on any atom is 0.330 e. The summed E-state index contributed by atoms with van der Waals surface area (Å²) in [6.45, 7) is 0. The fraction of sp³-hybridized carbons (Fsp3) is 0.125. The van der Waals surface area contributed by atoms with Gasteiger partial charge in [-0.05, 0) is 17.7 Å². The van der Waals surface area contributed by atoms with Gasteiger partial charge in [0.05, 0.1) is 5.75 Å². The number of carbonyl (C=O) groups excluding carboxylic acids is 1. The first kappa shape index (κ1) is 15.1. The highest BCUT2D eigenvalue weighted by atomic mass is 32.2. The number of carboxylic acids is 1. The van der Waals surface area contributed by atoms with Crippen molar-refractivity contribution in [3.05, 3.63) is 66.2 Å². The molecule has 2 aromatic rings. The third kappa shape index (κ3) is 4.65. The molecule has 0 heterocycles. The van der Waals surface area contributed by atoms with Gasteiger partial charge in [-0.3, -0.25) is 4.79 Å². The molecule has 1 amide bonds. The monoisotopic (exact) mass is 301 g/mol. The Labute approximate surface area is 127 Å². The molecule has 0 aliphatic heterocycles. The Hall–Kier alpha value is -2.27. The Kier molecular flexibility index (Phi) is 5.40. The summed E-state index contributed by atoms with van der Waals surface area (Å²) in [7, 11) is 0. The number of carbonyl (C=O) groups is 2. The standard InChI is InChI=1S/C16H15NO3S/c18-14(11-21-13-9-5-2-6-10-13)17-15(16(19)20)12-7-3-1-4-8-12/h1-10,15H,11H2,(H,17,18)(H,19,20)/t15-/m1/s1. The predicted octanol–water partition coefficient (Wildman–Crippen LogP) is 2.72. The molecule has 0 spiro atoms. The van der Waals surface area contributed by atoms with E-state index in [1.165, 1.54) is 11.8 Å². The third-order valence-corrected chi connectivity index (χ3v) is 3.81. The van der Waals surface area contributed by atoms with Crippen molar-refractivity contribution in [1.29, 1.82) is 0 Å². The lowest BCUT2D eigenvalue weighted by Gasteiger charge is -2.14. The number of carboxylic acid groups (broad SMARTS) is 1. The van der Waals surface area contributed by atoms with Crippen LogP contribution in [-0.2, 0) is 9.59 Å². The van der Waals surface area contributed by atoms with Gasteiger partial charge >= 0.3 is 5.97 Å². The molecule has 0 saturated heterocycles. The van der Waals surface area contributed by atoms with Crippen molar-refractivity contribution in [3.63, 3.8) is 0 Å². The van der Waals surface area contributed by atoms with Crippen molar-refractivity contribution >= 4 is 23.6 Å². The number of hydrogen-bond donors (Lipinski definition) is 2. The molecule has 1 atom stereocenters. The van der Waals surface area contributed by atoms with Gasteiger partial charge in [0.15, 0.2) is 6.04 Å². The number of thioether (sulfide) groups is 1. The molecule has 2 rings (SSSR count). The topological polar surface area (TPSA) is 66.4 Å². The van der Waals surface area contributed by atoms with Gasteiger partial charge in [0.2, 0.25) is 5.91 Å². The lowest BCUT2D eigenvalue weighted by atomic mass is 10.1. The summed E-state index contributed by atoms with van der Waals surface area (Å²) in [6.07, 6.45) is 0. The molecule has 0 aliphatic rings. The van der Waals surface area contributed by atoms with Crippen molar-refractivity contribution in [2.45, 2.75) is 10.9 Å². The van der Waals surface area contributed by atoms with Gasteiger partial charge in [-0.15, -0.1) is 11.8 Å². The molecule has 0 radical (unpaired) electrons. The molecule has 4 nitrogen and oxygen atoms in total. The van der Waals surface area contributed by atoms with Crippen molar-refractivity contribution in [2.75, 3.05) is 5.75 Å². The molecule has 21 heavy (non-hydrogen) atoms. The summed E-state index contributed by atoms with van der Waals surface area (Å²) in [5.74, 6) is -1.19. The first-order valence-electron chi connectivity index (χ1n) is 6.42. The Morgan fingerprint density at radius 2 is 1.57 bits per heavy atom. The summed E-state index contributed by atoms with van der Waals surface area (Å²) < 4.78 is 0. The van der Waals surface area contributed by atoms with Crippen LogP contribution in [0.4, 0.5) is 0 Å². The minimum absolute atomic E-state index is 0.181. The first-order valence-corrected chi connectivity index (χ1v) is 7.40. The number of benzene rings is 2. The van der Waals surface area contributed by atoms with Gasteiger partial charge in [-0.2, -0.15) is 0 Å². The lowest BCUT2D eigenvalue weighted by molar-refractivity contribution is -0.141. The molecule has 0 fully saturated rings. The number of nitrogens with one attached hydrogen (secondary N) is 1. The highest BCUT2D eigenvalue weighted by molar-refractivity contribution is 8.00. The molecule has 0 unspecified atom stereocenters. The quantitative estimate of drug-likeness (QED) is 0.805. The minimum atomic E-state index is -1.07. The number of hydrogen-bond acceptors (Lipinski definition) is 3. The normalized spacial score (nSPS) is 11.6. The van der Waals surface area contributed by atoms with Crippen LogP contribution in [0.1, 0.15) is 11.6 Å². The van der Waals surface area contributed by atoms with Crippen LogP contribution in [0, 0.1) is 0 Å². The molecule has 0 saturated carbocycles. The Balaban J connectivity index is 1.95. The van der Waals surface area contributed by atoms with Crippen molar-refractivity contribution in [3.8, 4) is 0 Å². The van der Waals surface area contributed by atoms with Gasteiger partial charge in [0.1, 0.15) is 0 Å². The van der Waals surface area contributed by atoms with E-state index in [-0.39, 0.29) is 11.7 Å². The van der Waals surface area contributed by atoms with E-state index in [0.29, 0.717) is 5.56 Å². The van der Waals surface area contributed by atoms with Crippen LogP contribution in [0.15, 0.2) is 65.6 Å². The molecule has 2 N–H and O–H groups in total. The van der Waals surface area contributed by atoms with Crippen LogP contribution in [0.5, 0.6) is 0 Å². The Bertz CT molecular complexity index is 601. The van der Waals surface area contributed by atoms with E-state index in [4.69, 9.17) is 0 Å². The Morgan fingerprint density at radius 3 is 2.14 bits per heavy atom. The van der Waals surface area contributed by atoms with Crippen molar-refractivity contribution in [2.24, 2.45) is 0 Å². The summed E-state index contributed by atoms with van der Waals surface area (Å²) in [4.78, 5) is 24.2. The number of rotatable bonds is 6. The second-order valence-corrected chi connectivity index (χ2v) is 5.40. The first-order chi connectivity index (χ1) is 10.2. The van der Waals surface area contributed by atoms with Gasteiger partial charge in [0, 0.05) is 4.90 Å². The lowest BCUT2D eigenvalue weighted by Crippen LogP contribution is -2.34. The molecular formula is C16H15NO3S.